The molecule has 10 nitrogen and oxygen atoms in total. The van der Waals surface area contributed by atoms with Crippen molar-refractivity contribution in [3.8, 4) is 0 Å². The summed E-state index contributed by atoms with van der Waals surface area (Å²) >= 11 is 0. The SMILES string of the molecule is CC[N+](CC)(CC)CCCC[N+](CC)(CC)CCCCC(=O)OC1CC(n2cc(C)c(=O)[nH]c2=O)OC1CO.[Cl-].[Cl-]. The van der Waals surface area contributed by atoms with E-state index in [4.69, 9.17) is 9.47 Å². The Bertz CT molecular complexity index is 1000. The molecular formula is C29H54Cl2N4O6. The molecule has 2 N–H and O–H groups in total. The van der Waals surface area contributed by atoms with E-state index in [2.05, 4.69) is 39.6 Å². The van der Waals surface area contributed by atoms with Crippen LogP contribution in [0.25, 0.3) is 0 Å². The molecule has 41 heavy (non-hydrogen) atoms. The van der Waals surface area contributed by atoms with Gasteiger partial charge < -0.3 is 48.4 Å². The summed E-state index contributed by atoms with van der Waals surface area (Å²) < 4.78 is 15.0. The summed E-state index contributed by atoms with van der Waals surface area (Å²) in [4.78, 5) is 38.8. The number of quaternary nitrogens is 2. The van der Waals surface area contributed by atoms with Crippen molar-refractivity contribution in [2.24, 2.45) is 0 Å². The van der Waals surface area contributed by atoms with Crippen LogP contribution in [0.2, 0.25) is 0 Å². The van der Waals surface area contributed by atoms with E-state index >= 15 is 0 Å². The number of aromatic amines is 1. The lowest BCUT2D eigenvalue weighted by molar-refractivity contribution is -0.930. The average molecular weight is 626 g/mol. The number of aromatic nitrogens is 2. The molecule has 2 heterocycles. The van der Waals surface area contributed by atoms with Crippen molar-refractivity contribution in [3.63, 3.8) is 0 Å². The fraction of sp³-hybridized carbons (Fsp3) is 0.828. The molecule has 1 aliphatic rings. The smallest absolute Gasteiger partial charge is 0.330 e. The van der Waals surface area contributed by atoms with E-state index in [1.807, 2.05) is 0 Å². The molecule has 3 unspecified atom stereocenters. The zero-order valence-electron chi connectivity index (χ0n) is 26.0. The van der Waals surface area contributed by atoms with Crippen LogP contribution >= 0.6 is 0 Å². The van der Waals surface area contributed by atoms with Gasteiger partial charge in [-0.1, -0.05) is 0 Å². The molecule has 1 saturated heterocycles. The van der Waals surface area contributed by atoms with Crippen molar-refractivity contribution in [1.29, 1.82) is 0 Å². The van der Waals surface area contributed by atoms with E-state index in [-0.39, 0.29) is 43.8 Å². The van der Waals surface area contributed by atoms with Gasteiger partial charge in [-0.25, -0.2) is 4.79 Å². The fourth-order valence-electron chi connectivity index (χ4n) is 5.91. The van der Waals surface area contributed by atoms with Crippen molar-refractivity contribution in [2.75, 3.05) is 59.0 Å². The van der Waals surface area contributed by atoms with E-state index in [0.717, 1.165) is 37.0 Å². The van der Waals surface area contributed by atoms with E-state index in [0.29, 0.717) is 12.0 Å². The average Bonchev–Trinajstić information content (AvgIpc) is 3.34. The van der Waals surface area contributed by atoms with Gasteiger partial charge in [0.05, 0.1) is 59.0 Å². The highest BCUT2D eigenvalue weighted by Crippen LogP contribution is 2.30. The molecule has 1 fully saturated rings. The van der Waals surface area contributed by atoms with Crippen LogP contribution < -0.4 is 36.1 Å². The van der Waals surface area contributed by atoms with E-state index in [9.17, 15) is 19.5 Å². The number of ether oxygens (including phenoxy) is 2. The van der Waals surface area contributed by atoms with E-state index in [1.165, 1.54) is 60.8 Å². The van der Waals surface area contributed by atoms with Gasteiger partial charge >= 0.3 is 11.7 Å². The monoisotopic (exact) mass is 624 g/mol. The number of H-pyrrole nitrogens is 1. The molecule has 12 heteroatoms. The zero-order chi connectivity index (χ0) is 29.1. The molecule has 0 aromatic carbocycles. The second-order valence-corrected chi connectivity index (χ2v) is 11.2. The number of nitrogens with one attached hydrogen (secondary N) is 1. The molecular weight excluding hydrogens is 571 g/mol. The summed E-state index contributed by atoms with van der Waals surface area (Å²) in [6.07, 6.45) is 4.09. The molecule has 0 aliphatic carbocycles. The lowest BCUT2D eigenvalue weighted by Gasteiger charge is -2.38. The van der Waals surface area contributed by atoms with Gasteiger partial charge in [-0.15, -0.1) is 0 Å². The quantitative estimate of drug-likeness (QED) is 0.101. The Morgan fingerprint density at radius 1 is 0.951 bits per heavy atom. The molecule has 1 aromatic heterocycles. The maximum Gasteiger partial charge on any atom is 0.330 e. The predicted octanol–water partition coefficient (Wildman–Crippen LogP) is -3.27. The van der Waals surface area contributed by atoms with Gasteiger partial charge in [0.25, 0.3) is 5.56 Å². The lowest BCUT2D eigenvalue weighted by Crippen LogP contribution is -3.00. The number of aryl methyl sites for hydroxylation is 1. The zero-order valence-corrected chi connectivity index (χ0v) is 27.5. The van der Waals surface area contributed by atoms with Crippen LogP contribution in [0.4, 0.5) is 0 Å². The van der Waals surface area contributed by atoms with Crippen molar-refractivity contribution < 1.29 is 53.2 Å². The van der Waals surface area contributed by atoms with Gasteiger partial charge in [0.2, 0.25) is 0 Å². The Balaban J connectivity index is 0.00000800. The van der Waals surface area contributed by atoms with Crippen molar-refractivity contribution in [1.82, 2.24) is 9.55 Å². The van der Waals surface area contributed by atoms with E-state index < -0.39 is 29.7 Å². The molecule has 2 rings (SSSR count). The first-order chi connectivity index (χ1) is 18.6. The Hall–Kier alpha value is -1.43. The van der Waals surface area contributed by atoms with Gasteiger partial charge in [-0.2, -0.15) is 0 Å². The number of unbranched alkanes of at least 4 members (excludes halogenated alkanes) is 2. The minimum atomic E-state index is -0.717. The minimum absolute atomic E-state index is 0. The molecule has 0 amide bonds. The highest BCUT2D eigenvalue weighted by atomic mass is 35.5. The van der Waals surface area contributed by atoms with Gasteiger partial charge in [-0.05, 0) is 54.4 Å². The maximum atomic E-state index is 12.6. The van der Waals surface area contributed by atoms with E-state index in [1.54, 1.807) is 6.92 Å². The standard InChI is InChI=1S/C29H53N4O6.2ClH/c1-7-32(8-2,9-3)17-14-15-19-33(10-4,11-5)18-13-12-16-27(35)39-24-20-26(38-25(24)22-34)31-21-23(6)28(36)30-29(31)37;;/h21,24-26,34H,7-20,22H2,1-6H3;2*1H/q+1;;/p-1. The van der Waals surface area contributed by atoms with Crippen LogP contribution in [0.1, 0.15) is 84.9 Å². The summed E-state index contributed by atoms with van der Waals surface area (Å²) in [6.45, 7) is 22.0. The second kappa shape index (κ2) is 19.0. The molecule has 0 bridgehead atoms. The molecule has 1 aromatic rings. The lowest BCUT2D eigenvalue weighted by atomic mass is 10.1. The molecule has 0 radical (unpaired) electrons. The van der Waals surface area contributed by atoms with Gasteiger partial charge in [-0.3, -0.25) is 19.1 Å². The minimum Gasteiger partial charge on any atom is -1.00 e. The molecule has 3 atom stereocenters. The van der Waals surface area contributed by atoms with Crippen LogP contribution in [-0.2, 0) is 14.3 Å². The summed E-state index contributed by atoms with van der Waals surface area (Å²) in [7, 11) is 0. The molecule has 0 saturated carbocycles. The molecule has 240 valence electrons. The number of carbonyl (C=O) groups excluding carboxylic acids is 1. The van der Waals surface area contributed by atoms with Crippen LogP contribution in [0.5, 0.6) is 0 Å². The maximum absolute atomic E-state index is 12.6. The summed E-state index contributed by atoms with van der Waals surface area (Å²) in [5, 5.41) is 9.75. The van der Waals surface area contributed by atoms with Crippen molar-refractivity contribution in [2.45, 2.75) is 98.5 Å². The third-order valence-corrected chi connectivity index (χ3v) is 9.23. The summed E-state index contributed by atoms with van der Waals surface area (Å²) in [5.74, 6) is -0.313. The predicted molar refractivity (Wildman–Crippen MR) is 152 cm³/mol. The van der Waals surface area contributed by atoms with Crippen molar-refractivity contribution in [3.05, 3.63) is 32.6 Å². The van der Waals surface area contributed by atoms with Crippen LogP contribution in [-0.4, -0.2) is 101 Å². The van der Waals surface area contributed by atoms with Gasteiger partial charge in [0.15, 0.2) is 0 Å². The Kier molecular flexibility index (Phi) is 18.3. The number of nitrogens with zero attached hydrogens (tertiary/aromatic N) is 3. The van der Waals surface area contributed by atoms with Crippen LogP contribution in [0, 0.1) is 6.92 Å². The summed E-state index contributed by atoms with van der Waals surface area (Å²) in [5.41, 5.74) is -0.661. The first-order valence-electron chi connectivity index (χ1n) is 15.1. The van der Waals surface area contributed by atoms with Gasteiger partial charge in [0.1, 0.15) is 18.4 Å². The topological polar surface area (TPSA) is 111 Å². The Morgan fingerprint density at radius 3 is 1.98 bits per heavy atom. The number of halogens is 2. The third kappa shape index (κ3) is 11.0. The normalized spacial score (nSPS) is 19.0. The second-order valence-electron chi connectivity index (χ2n) is 11.2. The van der Waals surface area contributed by atoms with Gasteiger partial charge in [0, 0.05) is 37.4 Å². The van der Waals surface area contributed by atoms with Crippen LogP contribution in [0.3, 0.4) is 0 Å². The first kappa shape index (κ1) is 39.6. The highest BCUT2D eigenvalue weighted by Gasteiger charge is 2.39. The number of aliphatic hydroxyl groups is 1. The third-order valence-electron chi connectivity index (χ3n) is 9.23. The number of carbonyl (C=O) groups is 1. The highest BCUT2D eigenvalue weighted by molar-refractivity contribution is 5.69. The number of hydrogen-bond donors (Lipinski definition) is 2. The number of aliphatic hydroxyl groups excluding tert-OH is 1. The van der Waals surface area contributed by atoms with Crippen LogP contribution in [0.15, 0.2) is 15.8 Å². The number of rotatable bonds is 18. The molecule has 0 spiro atoms. The Labute approximate surface area is 258 Å². The molecule has 1 aliphatic heterocycles. The van der Waals surface area contributed by atoms with Crippen molar-refractivity contribution >= 4 is 5.97 Å². The largest absolute Gasteiger partial charge is 1.00 e. The fourth-order valence-corrected chi connectivity index (χ4v) is 5.91. The first-order valence-corrected chi connectivity index (χ1v) is 15.1. The Morgan fingerprint density at radius 2 is 1.46 bits per heavy atom. The number of hydrogen-bond acceptors (Lipinski definition) is 6. The number of esters is 1. The summed E-state index contributed by atoms with van der Waals surface area (Å²) in [6, 6.07) is 0.